The monoisotopic (exact) mass is 2200 g/mol. The van der Waals surface area contributed by atoms with Gasteiger partial charge in [0.25, 0.3) is 0 Å². The van der Waals surface area contributed by atoms with Crippen LogP contribution in [0.3, 0.4) is 0 Å². The third-order valence-corrected chi connectivity index (χ3v) is 29.4. The summed E-state index contributed by atoms with van der Waals surface area (Å²) in [5.74, 6) is -6.45. The van der Waals surface area contributed by atoms with E-state index in [0.717, 1.165) is 121 Å². The summed E-state index contributed by atoms with van der Waals surface area (Å²) in [4.78, 5) is 183. The van der Waals surface area contributed by atoms with E-state index in [1.807, 2.05) is 0 Å². The van der Waals surface area contributed by atoms with Gasteiger partial charge in [-0.15, -0.1) is 0 Å². The molecule has 8 heterocycles. The number of carboxylic acids is 4. The fraction of sp³-hybridized carbons (Fsp3) is 0.587. The number of carbonyl (C=O) groups excluding carboxylic acids is 9. The Bertz CT molecular complexity index is 5210. The maximum atomic E-state index is 13.6. The minimum atomic E-state index is -3.47. The molecule has 51 heteroatoms. The van der Waals surface area contributed by atoms with Crippen molar-refractivity contribution in [3.05, 3.63) is 135 Å². The first-order valence-corrected chi connectivity index (χ1v) is 51.8. The summed E-state index contributed by atoms with van der Waals surface area (Å²) in [6, 6.07) is 13.8. The number of hydrogen-bond donors (Lipinski definition) is 8. The summed E-state index contributed by atoms with van der Waals surface area (Å²) in [5, 5.41) is 44.5. The Hall–Kier alpha value is -9.13. The van der Waals surface area contributed by atoms with Crippen molar-refractivity contribution in [3.8, 4) is 0 Å². The standard InChI is InChI=1S/C25H33Cl2N5O7S.C24H32Cl2N4O7.C22H29Cl2N3O6.C21H30Cl2N4O5S/c1-39-25(38)32-9-8-31(21(33)11-15-4-5-16(26)17(27)10-15)20(14-30-6-2-3-7-30)19(32)13-28-24(40)29-18(23(36)37)12-22(34)35;1-36-24(35)30-12-16(11-28-6-2-3-7-28)29(21(31)9-15-4-5-18(25)19(26)8-15)13-17(30)14-37-23(34)20(27)10-22(32)33;1-32-22(31)27-11-16(10-25-6-2-3-7-25)26(12-17(27)13-33-14-21(29)30)20(28)9-15-4-5-18(23)19(24)8-15;1-32-21(29)27-14-17(12-25-7-3-4-8-25)26(13-16(27)11-24-33(2,30)31)20(28)10-15-5-6-18(22)19(23)9-15/h4-5,10,18-20H,2-3,6-9,11-14H2,1H3,(H,34,35)(H,36,37)(H2,28,29,40);4-5,8,16-17,20H,2-3,6-7,9-14,27H2,1H3,(H,32,33);4-5,8,16-17H,2-3,6-7,9-14H2,1H3,(H,29,30);5-6,9,16-17,24H,3-4,7-8,10-14H2,1-2H3/t18-,19-,20+;16-,17+,20-;16-,17+;16-,17-/m0111/s1. The van der Waals surface area contributed by atoms with E-state index in [1.165, 1.54) is 48.0 Å². The Labute approximate surface area is 875 Å². The molecule has 8 aliphatic heterocycles. The molecular weight excluding hydrogens is 2080 g/mol. The fourth-order valence-electron chi connectivity index (χ4n) is 18.4. The number of nitrogens with one attached hydrogen (secondary N) is 3. The molecule has 0 spiro atoms. The number of piperazine rings is 4. The summed E-state index contributed by atoms with van der Waals surface area (Å²) < 4.78 is 56.2. The number of methoxy groups -OCH3 is 4. The van der Waals surface area contributed by atoms with Gasteiger partial charge in [0, 0.05) is 91.6 Å². The van der Waals surface area contributed by atoms with E-state index in [0.29, 0.717) is 77.5 Å². The van der Waals surface area contributed by atoms with Gasteiger partial charge in [0.2, 0.25) is 33.7 Å². The smallest absolute Gasteiger partial charge is 0.409 e. The summed E-state index contributed by atoms with van der Waals surface area (Å²) in [6.45, 7) is 10.7. The third-order valence-electron chi connectivity index (χ3n) is 25.5. The van der Waals surface area contributed by atoms with E-state index >= 15 is 0 Å². The van der Waals surface area contributed by atoms with E-state index in [2.05, 4.69) is 35.0 Å². The molecule has 0 bridgehead atoms. The van der Waals surface area contributed by atoms with Crippen LogP contribution < -0.4 is 21.1 Å². The van der Waals surface area contributed by atoms with Gasteiger partial charge in [-0.1, -0.05) is 117 Å². The largest absolute Gasteiger partial charge is 0.481 e. The number of nitrogens with zero attached hydrogens (tertiary/aromatic N) is 12. The van der Waals surface area contributed by atoms with Crippen molar-refractivity contribution in [3.63, 3.8) is 0 Å². The summed E-state index contributed by atoms with van der Waals surface area (Å²) >= 11 is 53.8. The van der Waals surface area contributed by atoms with Gasteiger partial charge in [0.05, 0.1) is 168 Å². The van der Waals surface area contributed by atoms with Gasteiger partial charge in [-0.2, -0.15) is 0 Å². The number of likely N-dealkylation sites (tertiary alicyclic amines) is 4. The molecule has 9 N–H and O–H groups in total. The number of rotatable bonds is 34. The number of esters is 1. The van der Waals surface area contributed by atoms with E-state index in [1.54, 1.807) is 92.4 Å². The Kier molecular flexibility index (Phi) is 47.0. The topological polar surface area (TPSA) is 493 Å². The molecule has 790 valence electrons. The van der Waals surface area contributed by atoms with Crippen molar-refractivity contribution >= 4 is 198 Å². The van der Waals surface area contributed by atoms with Crippen LogP contribution in [-0.2, 0) is 107 Å². The predicted octanol–water partition coefficient (Wildman–Crippen LogP) is 7.51. The van der Waals surface area contributed by atoms with Crippen LogP contribution in [0.25, 0.3) is 0 Å². The summed E-state index contributed by atoms with van der Waals surface area (Å²) in [6.07, 6.45) is 6.57. The van der Waals surface area contributed by atoms with Gasteiger partial charge in [-0.25, -0.2) is 41.9 Å². The lowest BCUT2D eigenvalue weighted by atomic mass is 9.99. The lowest BCUT2D eigenvalue weighted by molar-refractivity contribution is -0.152. The molecule has 0 saturated carbocycles. The van der Waals surface area contributed by atoms with Gasteiger partial charge in [0.1, 0.15) is 25.3 Å². The van der Waals surface area contributed by atoms with Crippen molar-refractivity contribution < 1.29 is 120 Å². The number of amides is 8. The number of nitrogens with two attached hydrogens (primary N) is 1. The average molecular weight is 2200 g/mol. The maximum absolute atomic E-state index is 13.6. The van der Waals surface area contributed by atoms with E-state index in [9.17, 15) is 75.9 Å². The molecule has 41 nitrogen and oxygen atoms in total. The van der Waals surface area contributed by atoms with Crippen LogP contribution in [0.4, 0.5) is 19.2 Å². The highest BCUT2D eigenvalue weighted by Crippen LogP contribution is 2.33. The van der Waals surface area contributed by atoms with Crippen LogP contribution in [0.1, 0.15) is 86.5 Å². The van der Waals surface area contributed by atoms with Crippen LogP contribution in [0.15, 0.2) is 72.8 Å². The van der Waals surface area contributed by atoms with Crippen molar-refractivity contribution in [1.29, 1.82) is 0 Å². The third kappa shape index (κ3) is 36.4. The van der Waals surface area contributed by atoms with Crippen LogP contribution in [0.2, 0.25) is 40.2 Å². The zero-order chi connectivity index (χ0) is 105. The minimum absolute atomic E-state index is 0.0130. The van der Waals surface area contributed by atoms with Crippen molar-refractivity contribution in [1.82, 2.24) is 74.2 Å². The number of ether oxygens (including phenoxy) is 6. The first-order chi connectivity index (χ1) is 67.9. The molecule has 0 unspecified atom stereocenters. The number of benzene rings is 4. The number of thiocarbonyl (C=S) groups is 1. The van der Waals surface area contributed by atoms with Crippen LogP contribution in [-0.4, -0.2) is 430 Å². The minimum Gasteiger partial charge on any atom is -0.481 e. The van der Waals surface area contributed by atoms with Crippen LogP contribution in [0.5, 0.6) is 0 Å². The van der Waals surface area contributed by atoms with Gasteiger partial charge < -0.3 is 109 Å². The van der Waals surface area contributed by atoms with Crippen molar-refractivity contribution in [2.75, 3.05) is 199 Å². The van der Waals surface area contributed by atoms with Gasteiger partial charge >= 0.3 is 54.2 Å². The Balaban J connectivity index is 0.000000213. The highest BCUT2D eigenvalue weighted by Gasteiger charge is 2.47. The Morgan fingerprint density at radius 3 is 1.06 bits per heavy atom. The number of halogens is 8. The molecule has 10 atom stereocenters. The zero-order valence-corrected chi connectivity index (χ0v) is 87.6. The van der Waals surface area contributed by atoms with Gasteiger partial charge in [-0.3, -0.25) is 48.3 Å². The average Bonchev–Trinajstić information content (AvgIpc) is 1.57. The van der Waals surface area contributed by atoms with Crippen LogP contribution >= 0.6 is 105 Å². The Morgan fingerprint density at radius 2 is 0.720 bits per heavy atom. The molecule has 143 heavy (non-hydrogen) atoms. The molecule has 0 aromatic heterocycles. The second kappa shape index (κ2) is 57.3. The highest BCUT2D eigenvalue weighted by atomic mass is 35.5. The quantitative estimate of drug-likeness (QED) is 0.0127. The number of aliphatic carboxylic acids is 4. The second-order valence-corrected chi connectivity index (χ2v) is 41.3. The lowest BCUT2D eigenvalue weighted by Crippen LogP contribution is -2.68. The van der Waals surface area contributed by atoms with Crippen molar-refractivity contribution in [2.24, 2.45) is 5.73 Å². The first-order valence-electron chi connectivity index (χ1n) is 46.5. The molecule has 4 aromatic carbocycles. The molecule has 0 aliphatic carbocycles. The Morgan fingerprint density at radius 1 is 0.399 bits per heavy atom. The summed E-state index contributed by atoms with van der Waals surface area (Å²) in [7, 11) is 1.65. The fourth-order valence-corrected chi connectivity index (χ4v) is 20.4. The predicted molar refractivity (Wildman–Crippen MR) is 537 cm³/mol. The number of sulfonamides is 1. The first kappa shape index (κ1) is 117. The maximum Gasteiger partial charge on any atom is 0.409 e. The molecular formula is C92H124Cl8N16O25S2. The van der Waals surface area contributed by atoms with Gasteiger partial charge in [-0.05, 0) is 187 Å². The summed E-state index contributed by atoms with van der Waals surface area (Å²) in [5.41, 5.74) is 8.47. The van der Waals surface area contributed by atoms with E-state index < -0.39 is 126 Å². The number of hydrogen-bond acceptors (Lipinski definition) is 27. The number of carboxylic acid groups (broad SMARTS) is 4. The molecule has 8 aliphatic rings. The molecule has 0 radical (unpaired) electrons. The lowest BCUT2D eigenvalue weighted by Gasteiger charge is -2.48. The van der Waals surface area contributed by atoms with E-state index in [4.69, 9.17) is 154 Å². The SMILES string of the molecule is COC(=O)N1CCN(C(=O)Cc2ccc(Cl)c(Cl)c2)[C@H](CN2CCCC2)[C@@H]1CNC(=S)N[C@@H](CC(=O)O)C(=O)O.COC(=O)N1C[C@@H](CN2CCCC2)N(C(=O)Cc2ccc(Cl)c(Cl)c2)C[C@H]1CNS(C)(=O)=O.COC(=O)N1C[C@@H](CN2CCCC2)N(C(=O)Cc2ccc(Cl)c(Cl)c2)C[C@H]1COC(=O)[C@H](N)CC(=O)O.COC(=O)N1C[C@@H](CN2CCCC2)N(C(=O)Cc2ccc(Cl)c(Cl)c2)C[C@H]1COCC(=O)O. The normalized spacial score (nSPS) is 21.0. The second-order valence-electron chi connectivity index (χ2n) is 35.8. The zero-order valence-electron chi connectivity index (χ0n) is 79.9. The van der Waals surface area contributed by atoms with E-state index in [-0.39, 0.29) is 151 Å². The van der Waals surface area contributed by atoms with Crippen LogP contribution in [0, 0.1) is 0 Å². The molecule has 12 rings (SSSR count). The molecule has 8 saturated heterocycles. The number of carbonyl (C=O) groups is 13. The highest BCUT2D eigenvalue weighted by molar-refractivity contribution is 7.88. The molecule has 8 fully saturated rings. The molecule has 4 aromatic rings. The van der Waals surface area contributed by atoms with Crippen molar-refractivity contribution in [2.45, 2.75) is 150 Å². The van der Waals surface area contributed by atoms with Gasteiger partial charge in [0.15, 0.2) is 5.11 Å². The molecule has 8 amide bonds.